The van der Waals surface area contributed by atoms with E-state index in [2.05, 4.69) is 45.7 Å². The monoisotopic (exact) mass is 347 g/mol. The first-order chi connectivity index (χ1) is 12.3. The van der Waals surface area contributed by atoms with Crippen molar-refractivity contribution in [1.29, 1.82) is 0 Å². The molecule has 25 heavy (non-hydrogen) atoms. The van der Waals surface area contributed by atoms with Gasteiger partial charge in [0.2, 0.25) is 0 Å². The number of nitrogens with zero attached hydrogens (tertiary/aromatic N) is 1. The first-order valence-electron chi connectivity index (χ1n) is 8.28. The van der Waals surface area contributed by atoms with Gasteiger partial charge < -0.3 is 10.3 Å². The largest absolute Gasteiger partial charge is 0.369 e. The molecule has 2 aromatic carbocycles. The van der Waals surface area contributed by atoms with Gasteiger partial charge in [-0.2, -0.15) is 0 Å². The van der Waals surface area contributed by atoms with Gasteiger partial charge in [-0.05, 0) is 35.4 Å². The van der Waals surface area contributed by atoms with Gasteiger partial charge in [0, 0.05) is 40.8 Å². The van der Waals surface area contributed by atoms with Crippen LogP contribution < -0.4 is 5.32 Å². The minimum Gasteiger partial charge on any atom is -0.369 e. The summed E-state index contributed by atoms with van der Waals surface area (Å²) in [6, 6.07) is 22.2. The first-order valence-corrected chi connectivity index (χ1v) is 8.66. The van der Waals surface area contributed by atoms with Crippen LogP contribution in [0.4, 0.5) is 5.82 Å². The Hall–Kier alpha value is -2.78. The summed E-state index contributed by atoms with van der Waals surface area (Å²) in [5.74, 6) is 0.978. The molecule has 0 saturated carbocycles. The number of rotatable bonds is 5. The SMILES string of the molecule is Clc1ccccc1C(CNc1ccccn1)c1c[nH]c2ccccc12. The highest BCUT2D eigenvalue weighted by Crippen LogP contribution is 2.34. The summed E-state index contributed by atoms with van der Waals surface area (Å²) in [6.07, 6.45) is 3.87. The maximum Gasteiger partial charge on any atom is 0.125 e. The fourth-order valence-electron chi connectivity index (χ4n) is 3.20. The van der Waals surface area contributed by atoms with Crippen molar-refractivity contribution in [3.8, 4) is 0 Å². The zero-order valence-corrected chi connectivity index (χ0v) is 14.4. The minimum absolute atomic E-state index is 0.117. The Morgan fingerprint density at radius 2 is 1.72 bits per heavy atom. The van der Waals surface area contributed by atoms with Crippen LogP contribution in [0, 0.1) is 0 Å². The number of aromatic nitrogens is 2. The summed E-state index contributed by atoms with van der Waals surface area (Å²) >= 11 is 6.52. The number of para-hydroxylation sites is 1. The van der Waals surface area contributed by atoms with Crippen LogP contribution in [0.15, 0.2) is 79.1 Å². The number of halogens is 1. The molecule has 4 aromatic rings. The van der Waals surface area contributed by atoms with Crippen LogP contribution in [0.2, 0.25) is 5.02 Å². The predicted molar refractivity (Wildman–Crippen MR) is 104 cm³/mol. The van der Waals surface area contributed by atoms with Crippen molar-refractivity contribution in [3.63, 3.8) is 0 Å². The van der Waals surface area contributed by atoms with Crippen molar-refractivity contribution in [2.24, 2.45) is 0 Å². The highest BCUT2D eigenvalue weighted by molar-refractivity contribution is 6.31. The number of fused-ring (bicyclic) bond motifs is 1. The number of nitrogens with one attached hydrogen (secondary N) is 2. The quantitative estimate of drug-likeness (QED) is 0.503. The fraction of sp³-hybridized carbons (Fsp3) is 0.0952. The van der Waals surface area contributed by atoms with Gasteiger partial charge in [-0.3, -0.25) is 0 Å². The maximum atomic E-state index is 6.52. The molecule has 2 heterocycles. The molecule has 0 amide bonds. The number of hydrogen-bond donors (Lipinski definition) is 2. The summed E-state index contributed by atoms with van der Waals surface area (Å²) in [5.41, 5.74) is 3.47. The molecule has 0 aliphatic rings. The number of pyridine rings is 1. The van der Waals surface area contributed by atoms with Gasteiger partial charge in [-0.1, -0.05) is 54.1 Å². The Morgan fingerprint density at radius 3 is 2.56 bits per heavy atom. The van der Waals surface area contributed by atoms with Crippen LogP contribution in [-0.2, 0) is 0 Å². The van der Waals surface area contributed by atoms with Crippen molar-refractivity contribution in [2.75, 3.05) is 11.9 Å². The second-order valence-electron chi connectivity index (χ2n) is 5.96. The molecule has 1 atom stereocenters. The third kappa shape index (κ3) is 3.24. The number of anilines is 1. The smallest absolute Gasteiger partial charge is 0.125 e. The molecule has 1 unspecified atom stereocenters. The standard InChI is InChI=1S/C21H18ClN3/c22-19-9-3-1-7-15(19)17(14-25-21-11-5-6-12-23-21)18-13-24-20-10-4-2-8-16(18)20/h1-13,17,24H,14H2,(H,23,25). The van der Waals surface area contributed by atoms with Crippen LogP contribution in [0.25, 0.3) is 10.9 Å². The summed E-state index contributed by atoms with van der Waals surface area (Å²) < 4.78 is 0. The molecule has 0 bridgehead atoms. The molecule has 2 N–H and O–H groups in total. The number of H-pyrrole nitrogens is 1. The van der Waals surface area contributed by atoms with Gasteiger partial charge in [0.25, 0.3) is 0 Å². The Morgan fingerprint density at radius 1 is 0.920 bits per heavy atom. The molecule has 0 saturated heterocycles. The van der Waals surface area contributed by atoms with Crippen molar-refractivity contribution in [3.05, 3.63) is 95.3 Å². The molecule has 2 aromatic heterocycles. The summed E-state index contributed by atoms with van der Waals surface area (Å²) in [5, 5.41) is 5.44. The lowest BCUT2D eigenvalue weighted by Crippen LogP contribution is -2.15. The third-order valence-corrected chi connectivity index (χ3v) is 4.77. The summed E-state index contributed by atoms with van der Waals surface area (Å²) in [7, 11) is 0. The van der Waals surface area contributed by atoms with E-state index >= 15 is 0 Å². The van der Waals surface area contributed by atoms with Gasteiger partial charge in [-0.25, -0.2) is 4.98 Å². The second kappa shape index (κ2) is 6.99. The molecule has 0 fully saturated rings. The minimum atomic E-state index is 0.117. The topological polar surface area (TPSA) is 40.7 Å². The average Bonchev–Trinajstić information content (AvgIpc) is 3.08. The Kier molecular flexibility index (Phi) is 4.40. The number of hydrogen-bond acceptors (Lipinski definition) is 2. The first kappa shape index (κ1) is 15.7. The zero-order valence-electron chi connectivity index (χ0n) is 13.6. The highest BCUT2D eigenvalue weighted by atomic mass is 35.5. The van der Waals surface area contributed by atoms with Crippen LogP contribution in [0.1, 0.15) is 17.0 Å². The van der Waals surface area contributed by atoms with E-state index in [4.69, 9.17) is 11.6 Å². The van der Waals surface area contributed by atoms with E-state index in [0.717, 1.165) is 21.9 Å². The average molecular weight is 348 g/mol. The molecule has 0 spiro atoms. The van der Waals surface area contributed by atoms with Crippen molar-refractivity contribution in [2.45, 2.75) is 5.92 Å². The van der Waals surface area contributed by atoms with Crippen molar-refractivity contribution >= 4 is 28.3 Å². The van der Waals surface area contributed by atoms with E-state index < -0.39 is 0 Å². The molecule has 124 valence electrons. The van der Waals surface area contributed by atoms with Gasteiger partial charge in [0.15, 0.2) is 0 Å². The van der Waals surface area contributed by atoms with Crippen LogP contribution in [-0.4, -0.2) is 16.5 Å². The van der Waals surface area contributed by atoms with E-state index in [0.29, 0.717) is 6.54 Å². The lowest BCUT2D eigenvalue weighted by Gasteiger charge is -2.19. The lowest BCUT2D eigenvalue weighted by molar-refractivity contribution is 0.856. The molecular weight excluding hydrogens is 330 g/mol. The lowest BCUT2D eigenvalue weighted by atomic mass is 9.91. The van der Waals surface area contributed by atoms with Gasteiger partial charge >= 0.3 is 0 Å². The fourth-order valence-corrected chi connectivity index (χ4v) is 3.47. The molecule has 0 radical (unpaired) electrons. The number of aromatic amines is 1. The summed E-state index contributed by atoms with van der Waals surface area (Å²) in [6.45, 7) is 0.711. The van der Waals surface area contributed by atoms with Gasteiger partial charge in [0.05, 0.1) is 0 Å². The van der Waals surface area contributed by atoms with Crippen LogP contribution in [0.5, 0.6) is 0 Å². The second-order valence-corrected chi connectivity index (χ2v) is 6.37. The van der Waals surface area contributed by atoms with E-state index in [1.54, 1.807) is 6.20 Å². The van der Waals surface area contributed by atoms with Gasteiger partial charge in [-0.15, -0.1) is 0 Å². The normalized spacial score (nSPS) is 12.2. The Balaban J connectivity index is 1.74. The van der Waals surface area contributed by atoms with E-state index in [-0.39, 0.29) is 5.92 Å². The zero-order chi connectivity index (χ0) is 17.1. The van der Waals surface area contributed by atoms with Crippen LogP contribution in [0.3, 0.4) is 0 Å². The molecule has 4 heteroatoms. The molecule has 0 aliphatic carbocycles. The maximum absolute atomic E-state index is 6.52. The molecule has 0 aliphatic heterocycles. The molecular formula is C21H18ClN3. The predicted octanol–water partition coefficient (Wildman–Crippen LogP) is 5.46. The third-order valence-electron chi connectivity index (χ3n) is 4.43. The highest BCUT2D eigenvalue weighted by Gasteiger charge is 2.20. The Labute approximate surface area is 151 Å². The van der Waals surface area contributed by atoms with Gasteiger partial charge in [0.1, 0.15) is 5.82 Å². The van der Waals surface area contributed by atoms with E-state index in [1.165, 1.54) is 10.9 Å². The van der Waals surface area contributed by atoms with Crippen LogP contribution >= 0.6 is 11.6 Å². The van der Waals surface area contributed by atoms with E-state index in [1.807, 2.05) is 42.5 Å². The molecule has 3 nitrogen and oxygen atoms in total. The molecule has 4 rings (SSSR count). The Bertz CT molecular complexity index is 979. The van der Waals surface area contributed by atoms with Crippen molar-refractivity contribution in [1.82, 2.24) is 9.97 Å². The number of benzene rings is 2. The summed E-state index contributed by atoms with van der Waals surface area (Å²) in [4.78, 5) is 7.73. The van der Waals surface area contributed by atoms with Crippen molar-refractivity contribution < 1.29 is 0 Å². The van der Waals surface area contributed by atoms with E-state index in [9.17, 15) is 0 Å².